The second-order valence-corrected chi connectivity index (χ2v) is 6.74. The van der Waals surface area contributed by atoms with Gasteiger partial charge in [-0.05, 0) is 38.3 Å². The first-order chi connectivity index (χ1) is 12.2. The largest absolute Gasteiger partial charge is 0.466 e. The van der Waals surface area contributed by atoms with Crippen LogP contribution < -0.4 is 10.6 Å². The molecule has 2 heterocycles. The van der Waals surface area contributed by atoms with Crippen LogP contribution in [0.2, 0.25) is 0 Å². The molecule has 0 amide bonds. The number of allylic oxidation sites excluding steroid dienone is 1. The highest BCUT2D eigenvalue weighted by Crippen LogP contribution is 2.32. The van der Waals surface area contributed by atoms with E-state index in [-0.39, 0.29) is 5.97 Å². The number of esters is 1. The van der Waals surface area contributed by atoms with Gasteiger partial charge in [-0.15, -0.1) is 0 Å². The number of nitrogens with two attached hydrogens (primary N) is 1. The number of hydrogen-bond donors (Lipinski definition) is 1. The second kappa shape index (κ2) is 8.23. The van der Waals surface area contributed by atoms with Crippen LogP contribution in [0.3, 0.4) is 0 Å². The van der Waals surface area contributed by atoms with Crippen molar-refractivity contribution in [2.24, 2.45) is 0 Å². The van der Waals surface area contributed by atoms with E-state index in [0.29, 0.717) is 31.3 Å². The van der Waals surface area contributed by atoms with Crippen LogP contribution in [-0.2, 0) is 9.53 Å². The average molecular weight is 344 g/mol. The van der Waals surface area contributed by atoms with Crippen molar-refractivity contribution in [2.75, 3.05) is 23.9 Å². The number of ether oxygens (including phenoxy) is 1. The van der Waals surface area contributed by atoms with Crippen molar-refractivity contribution in [2.45, 2.75) is 57.9 Å². The van der Waals surface area contributed by atoms with Crippen molar-refractivity contribution in [3.63, 3.8) is 0 Å². The third-order valence-electron chi connectivity index (χ3n) is 4.98. The fourth-order valence-electron chi connectivity index (χ4n) is 3.66. The lowest BCUT2D eigenvalue weighted by Gasteiger charge is -2.32. The summed E-state index contributed by atoms with van der Waals surface area (Å²) in [6.07, 6.45) is 11.5. The van der Waals surface area contributed by atoms with Crippen molar-refractivity contribution in [3.05, 3.63) is 30.2 Å². The Morgan fingerprint density at radius 1 is 1.32 bits per heavy atom. The molecule has 0 spiro atoms. The third-order valence-corrected chi connectivity index (χ3v) is 4.98. The van der Waals surface area contributed by atoms with Crippen LogP contribution in [0.15, 0.2) is 30.2 Å². The Hall–Kier alpha value is -2.24. The molecule has 2 N–H and O–H groups in total. The molecule has 0 bridgehead atoms. The van der Waals surface area contributed by atoms with Gasteiger partial charge in [0, 0.05) is 17.9 Å². The Balaban J connectivity index is 1.73. The molecule has 0 radical (unpaired) electrons. The Bertz CT molecular complexity index is 608. The SMILES string of the molecule is CCOC(=O)CCC1=CN(C2CCCCC2)CN1c1ccc(N)nc1. The lowest BCUT2D eigenvalue weighted by molar-refractivity contribution is -0.143. The standard InChI is InChI=1S/C19H28N4O2/c1-2-25-19(24)11-9-17-13-22(15-6-4-3-5-7-15)14-23(17)16-8-10-18(20)21-12-16/h8,10,12-13,15H,2-7,9,11,14H2,1H3,(H2,20,21). The van der Waals surface area contributed by atoms with Crippen LogP contribution in [0.5, 0.6) is 0 Å². The van der Waals surface area contributed by atoms with Gasteiger partial charge >= 0.3 is 5.97 Å². The predicted octanol–water partition coefficient (Wildman–Crippen LogP) is 3.26. The topological polar surface area (TPSA) is 71.7 Å². The highest BCUT2D eigenvalue weighted by Gasteiger charge is 2.28. The Labute approximate surface area is 149 Å². The fraction of sp³-hybridized carbons (Fsp3) is 0.579. The number of pyridine rings is 1. The van der Waals surface area contributed by atoms with Gasteiger partial charge in [0.15, 0.2) is 0 Å². The summed E-state index contributed by atoms with van der Waals surface area (Å²) in [6.45, 7) is 3.08. The summed E-state index contributed by atoms with van der Waals surface area (Å²) in [4.78, 5) is 20.6. The van der Waals surface area contributed by atoms with E-state index in [1.807, 2.05) is 19.1 Å². The van der Waals surface area contributed by atoms with Crippen molar-refractivity contribution in [1.82, 2.24) is 9.88 Å². The minimum Gasteiger partial charge on any atom is -0.466 e. The number of nitrogens with zero attached hydrogens (tertiary/aromatic N) is 3. The van der Waals surface area contributed by atoms with Gasteiger partial charge in [0.1, 0.15) is 5.82 Å². The number of carbonyl (C=O) groups is 1. The molecule has 6 heteroatoms. The zero-order chi connectivity index (χ0) is 17.6. The van der Waals surface area contributed by atoms with Crippen LogP contribution >= 0.6 is 0 Å². The molecule has 1 aromatic heterocycles. The molecular formula is C19H28N4O2. The maximum absolute atomic E-state index is 11.8. The molecule has 1 fully saturated rings. The van der Waals surface area contributed by atoms with E-state index in [9.17, 15) is 4.79 Å². The van der Waals surface area contributed by atoms with Crippen LogP contribution in [-0.4, -0.2) is 35.2 Å². The summed E-state index contributed by atoms with van der Waals surface area (Å²) in [5.74, 6) is 0.374. The van der Waals surface area contributed by atoms with Crippen LogP contribution in [0.4, 0.5) is 11.5 Å². The molecule has 136 valence electrons. The Kier molecular flexibility index (Phi) is 5.79. The van der Waals surface area contributed by atoms with Crippen molar-refractivity contribution < 1.29 is 9.53 Å². The molecule has 0 saturated heterocycles. The molecule has 1 aliphatic heterocycles. The van der Waals surface area contributed by atoms with E-state index in [4.69, 9.17) is 10.5 Å². The molecule has 6 nitrogen and oxygen atoms in total. The normalized spacial score (nSPS) is 18.4. The summed E-state index contributed by atoms with van der Waals surface area (Å²) in [5, 5.41) is 0. The minimum absolute atomic E-state index is 0.144. The molecule has 0 unspecified atom stereocenters. The highest BCUT2D eigenvalue weighted by molar-refractivity contribution is 5.70. The quantitative estimate of drug-likeness (QED) is 0.799. The maximum Gasteiger partial charge on any atom is 0.306 e. The predicted molar refractivity (Wildman–Crippen MR) is 98.7 cm³/mol. The van der Waals surface area contributed by atoms with Gasteiger partial charge in [-0.2, -0.15) is 0 Å². The lowest BCUT2D eigenvalue weighted by Crippen LogP contribution is -2.35. The minimum atomic E-state index is -0.144. The summed E-state index contributed by atoms with van der Waals surface area (Å²) in [7, 11) is 0. The van der Waals surface area contributed by atoms with Gasteiger partial charge in [0.2, 0.25) is 0 Å². The summed E-state index contributed by atoms with van der Waals surface area (Å²) < 4.78 is 5.07. The second-order valence-electron chi connectivity index (χ2n) is 6.74. The molecule has 1 aromatic rings. The molecule has 0 atom stereocenters. The van der Waals surface area contributed by atoms with Gasteiger partial charge in [-0.25, -0.2) is 4.98 Å². The number of nitrogen functional groups attached to an aromatic ring is 1. The number of hydrogen-bond acceptors (Lipinski definition) is 6. The van der Waals surface area contributed by atoms with E-state index < -0.39 is 0 Å². The zero-order valence-corrected chi connectivity index (χ0v) is 15.0. The zero-order valence-electron chi connectivity index (χ0n) is 15.0. The lowest BCUT2D eigenvalue weighted by atomic mass is 9.95. The smallest absolute Gasteiger partial charge is 0.306 e. The molecular weight excluding hydrogens is 316 g/mol. The summed E-state index contributed by atoms with van der Waals surface area (Å²) in [6, 6.07) is 4.41. The first-order valence-electron chi connectivity index (χ1n) is 9.28. The average Bonchev–Trinajstić information content (AvgIpc) is 3.06. The molecule has 2 aliphatic rings. The van der Waals surface area contributed by atoms with E-state index >= 15 is 0 Å². The number of rotatable bonds is 6. The van der Waals surface area contributed by atoms with Gasteiger partial charge in [-0.3, -0.25) is 4.79 Å². The monoisotopic (exact) mass is 344 g/mol. The molecule has 1 aliphatic carbocycles. The van der Waals surface area contributed by atoms with Crippen molar-refractivity contribution >= 4 is 17.5 Å². The van der Waals surface area contributed by atoms with Crippen LogP contribution in [0.1, 0.15) is 51.9 Å². The highest BCUT2D eigenvalue weighted by atomic mass is 16.5. The third kappa shape index (κ3) is 4.44. The number of aromatic nitrogens is 1. The molecule has 0 aromatic carbocycles. The van der Waals surface area contributed by atoms with E-state index in [1.165, 1.54) is 32.1 Å². The summed E-state index contributed by atoms with van der Waals surface area (Å²) >= 11 is 0. The number of carbonyl (C=O) groups excluding carboxylic acids is 1. The Morgan fingerprint density at radius 3 is 2.80 bits per heavy atom. The van der Waals surface area contributed by atoms with Gasteiger partial charge < -0.3 is 20.3 Å². The molecule has 25 heavy (non-hydrogen) atoms. The fourth-order valence-corrected chi connectivity index (χ4v) is 3.66. The first-order valence-corrected chi connectivity index (χ1v) is 9.28. The van der Waals surface area contributed by atoms with Crippen LogP contribution in [0, 0.1) is 0 Å². The molecule has 1 saturated carbocycles. The van der Waals surface area contributed by atoms with Gasteiger partial charge in [0.25, 0.3) is 0 Å². The van der Waals surface area contributed by atoms with E-state index in [1.54, 1.807) is 6.20 Å². The first kappa shape index (κ1) is 17.6. The number of anilines is 2. The van der Waals surface area contributed by atoms with Crippen molar-refractivity contribution in [1.29, 1.82) is 0 Å². The van der Waals surface area contributed by atoms with Gasteiger partial charge in [-0.1, -0.05) is 19.3 Å². The van der Waals surface area contributed by atoms with Crippen LogP contribution in [0.25, 0.3) is 0 Å². The summed E-state index contributed by atoms with van der Waals surface area (Å²) in [5.41, 5.74) is 7.88. The Morgan fingerprint density at radius 2 is 2.12 bits per heavy atom. The van der Waals surface area contributed by atoms with E-state index in [0.717, 1.165) is 18.1 Å². The van der Waals surface area contributed by atoms with E-state index in [2.05, 4.69) is 21.0 Å². The maximum atomic E-state index is 11.8. The van der Waals surface area contributed by atoms with Crippen molar-refractivity contribution in [3.8, 4) is 0 Å². The van der Waals surface area contributed by atoms with Gasteiger partial charge in [0.05, 0.1) is 31.6 Å². The molecule has 3 rings (SSSR count).